The van der Waals surface area contributed by atoms with Crippen LogP contribution in [0.1, 0.15) is 16.8 Å². The number of halogens is 3. The van der Waals surface area contributed by atoms with Crippen molar-refractivity contribution in [3.63, 3.8) is 0 Å². The number of aliphatic hydroxyl groups is 1. The van der Waals surface area contributed by atoms with E-state index in [-0.39, 0.29) is 5.56 Å². The molecule has 2 aromatic heterocycles. The Morgan fingerprint density at radius 3 is 2.19 bits per heavy atom. The zero-order valence-electron chi connectivity index (χ0n) is 16.5. The van der Waals surface area contributed by atoms with Crippen LogP contribution in [0.15, 0.2) is 73.2 Å². The van der Waals surface area contributed by atoms with Gasteiger partial charge in [-0.15, -0.1) is 5.10 Å². The van der Waals surface area contributed by atoms with Crippen LogP contribution in [0.2, 0.25) is 0 Å². The van der Waals surface area contributed by atoms with Gasteiger partial charge in [0, 0.05) is 11.8 Å². The standard InChI is InChI=1S/C22H18F3N5O/c1-15-2-4-16(5-3-15)17-6-11-20(26-12-17)22(24,25)21(31,13-30-14-27-28-29-30)18-7-9-19(23)10-8-18/h2-12,14,31H,13H2,1H3/t21-/m0/s1. The summed E-state index contributed by atoms with van der Waals surface area (Å²) in [7, 11) is 0. The quantitative estimate of drug-likeness (QED) is 0.508. The van der Waals surface area contributed by atoms with Crippen molar-refractivity contribution in [2.75, 3.05) is 0 Å². The minimum Gasteiger partial charge on any atom is -0.377 e. The molecule has 0 amide bonds. The Labute approximate surface area is 176 Å². The highest BCUT2D eigenvalue weighted by Crippen LogP contribution is 2.46. The van der Waals surface area contributed by atoms with E-state index in [1.807, 2.05) is 31.2 Å². The summed E-state index contributed by atoms with van der Waals surface area (Å²) in [5.41, 5.74) is -1.05. The first-order valence-electron chi connectivity index (χ1n) is 9.40. The molecule has 9 heteroatoms. The average Bonchev–Trinajstić information content (AvgIpc) is 3.27. The molecular weight excluding hydrogens is 407 g/mol. The molecule has 0 aliphatic heterocycles. The van der Waals surface area contributed by atoms with Crippen LogP contribution in [-0.4, -0.2) is 30.3 Å². The first-order chi connectivity index (χ1) is 14.8. The number of alkyl halides is 2. The summed E-state index contributed by atoms with van der Waals surface area (Å²) in [6.07, 6.45) is 2.44. The van der Waals surface area contributed by atoms with Crippen molar-refractivity contribution in [1.29, 1.82) is 0 Å². The first-order valence-corrected chi connectivity index (χ1v) is 9.40. The van der Waals surface area contributed by atoms with Gasteiger partial charge >= 0.3 is 5.92 Å². The monoisotopic (exact) mass is 425 g/mol. The van der Waals surface area contributed by atoms with Gasteiger partial charge in [-0.1, -0.05) is 48.0 Å². The number of hydrogen-bond acceptors (Lipinski definition) is 5. The van der Waals surface area contributed by atoms with Gasteiger partial charge in [0.2, 0.25) is 0 Å². The maximum absolute atomic E-state index is 15.7. The Bertz CT molecular complexity index is 1150. The fraction of sp³-hybridized carbons (Fsp3) is 0.182. The molecule has 0 saturated heterocycles. The summed E-state index contributed by atoms with van der Waals surface area (Å²) in [5, 5.41) is 21.6. The SMILES string of the molecule is Cc1ccc(-c2ccc(C(F)(F)[C@](O)(Cn3cnnn3)c3ccc(F)cc3)nc2)cc1. The van der Waals surface area contributed by atoms with Gasteiger partial charge in [-0.2, -0.15) is 8.78 Å². The molecule has 2 aromatic carbocycles. The smallest absolute Gasteiger partial charge is 0.323 e. The van der Waals surface area contributed by atoms with Gasteiger partial charge in [-0.3, -0.25) is 4.98 Å². The predicted octanol–water partition coefficient (Wildman–Crippen LogP) is 3.86. The molecule has 0 radical (unpaired) electrons. The van der Waals surface area contributed by atoms with Gasteiger partial charge in [0.1, 0.15) is 17.8 Å². The molecule has 0 bridgehead atoms. The lowest BCUT2D eigenvalue weighted by Crippen LogP contribution is -2.47. The molecule has 6 nitrogen and oxygen atoms in total. The number of tetrazole rings is 1. The van der Waals surface area contributed by atoms with Crippen LogP contribution in [0.25, 0.3) is 11.1 Å². The van der Waals surface area contributed by atoms with Crippen LogP contribution in [0.4, 0.5) is 13.2 Å². The summed E-state index contributed by atoms with van der Waals surface area (Å²) in [4.78, 5) is 3.94. The molecule has 4 rings (SSSR count). The number of pyridine rings is 1. The Hall–Kier alpha value is -3.59. The highest BCUT2D eigenvalue weighted by Gasteiger charge is 2.56. The third-order valence-electron chi connectivity index (χ3n) is 5.09. The highest BCUT2D eigenvalue weighted by atomic mass is 19.3. The van der Waals surface area contributed by atoms with Crippen LogP contribution >= 0.6 is 0 Å². The summed E-state index contributed by atoms with van der Waals surface area (Å²) < 4.78 is 45.7. The van der Waals surface area contributed by atoms with E-state index in [2.05, 4.69) is 20.5 Å². The van der Waals surface area contributed by atoms with Crippen molar-refractivity contribution in [2.45, 2.75) is 25.0 Å². The Kier molecular flexibility index (Phi) is 5.28. The van der Waals surface area contributed by atoms with Crippen molar-refractivity contribution < 1.29 is 18.3 Å². The number of nitrogens with zero attached hydrogens (tertiary/aromatic N) is 5. The first kappa shape index (κ1) is 20.7. The number of aryl methyl sites for hydroxylation is 1. The molecule has 0 aliphatic carbocycles. The Balaban J connectivity index is 1.74. The van der Waals surface area contributed by atoms with E-state index < -0.39 is 29.6 Å². The molecule has 1 N–H and O–H groups in total. The van der Waals surface area contributed by atoms with E-state index in [1.54, 1.807) is 0 Å². The lowest BCUT2D eigenvalue weighted by atomic mass is 9.85. The van der Waals surface area contributed by atoms with Gasteiger partial charge in [0.05, 0.1) is 6.54 Å². The maximum Gasteiger partial charge on any atom is 0.323 e. The lowest BCUT2D eigenvalue weighted by molar-refractivity contribution is -0.206. The normalized spacial score (nSPS) is 13.7. The van der Waals surface area contributed by atoms with Gasteiger partial charge in [-0.25, -0.2) is 9.07 Å². The highest BCUT2D eigenvalue weighted by molar-refractivity contribution is 5.62. The van der Waals surface area contributed by atoms with Crippen LogP contribution in [0.3, 0.4) is 0 Å². The van der Waals surface area contributed by atoms with Crippen LogP contribution in [-0.2, 0) is 18.1 Å². The molecule has 4 aromatic rings. The zero-order valence-corrected chi connectivity index (χ0v) is 16.5. The van der Waals surface area contributed by atoms with Crippen molar-refractivity contribution >= 4 is 0 Å². The predicted molar refractivity (Wildman–Crippen MR) is 106 cm³/mol. The number of hydrogen-bond donors (Lipinski definition) is 1. The second kappa shape index (κ2) is 7.92. The van der Waals surface area contributed by atoms with E-state index in [4.69, 9.17) is 0 Å². The molecule has 1 atom stereocenters. The van der Waals surface area contributed by atoms with Gasteiger partial charge in [0.25, 0.3) is 0 Å². The van der Waals surface area contributed by atoms with Crippen molar-refractivity contribution in [3.05, 3.63) is 95.8 Å². The second-order valence-corrected chi connectivity index (χ2v) is 7.25. The summed E-state index contributed by atoms with van der Waals surface area (Å²) >= 11 is 0. The largest absolute Gasteiger partial charge is 0.377 e. The molecule has 0 aliphatic rings. The molecule has 0 spiro atoms. The fourth-order valence-electron chi connectivity index (χ4n) is 3.29. The summed E-state index contributed by atoms with van der Waals surface area (Å²) in [6, 6.07) is 14.5. The third-order valence-corrected chi connectivity index (χ3v) is 5.09. The second-order valence-electron chi connectivity index (χ2n) is 7.25. The van der Waals surface area contributed by atoms with Crippen molar-refractivity contribution in [2.24, 2.45) is 0 Å². The minimum atomic E-state index is -3.84. The van der Waals surface area contributed by atoms with E-state index in [1.165, 1.54) is 18.3 Å². The molecule has 2 heterocycles. The lowest BCUT2D eigenvalue weighted by Gasteiger charge is -2.35. The fourth-order valence-corrected chi connectivity index (χ4v) is 3.29. The number of aromatic nitrogens is 5. The Morgan fingerprint density at radius 2 is 1.61 bits per heavy atom. The molecular formula is C22H18F3N5O. The van der Waals surface area contributed by atoms with Crippen LogP contribution in [0.5, 0.6) is 0 Å². The molecule has 0 saturated carbocycles. The maximum atomic E-state index is 15.7. The molecule has 158 valence electrons. The van der Waals surface area contributed by atoms with Crippen LogP contribution < -0.4 is 0 Å². The van der Waals surface area contributed by atoms with E-state index in [9.17, 15) is 9.50 Å². The van der Waals surface area contributed by atoms with Gasteiger partial charge in [-0.05, 0) is 46.7 Å². The number of benzene rings is 2. The number of rotatable bonds is 6. The Morgan fingerprint density at radius 1 is 0.935 bits per heavy atom. The van der Waals surface area contributed by atoms with Crippen LogP contribution in [0, 0.1) is 12.7 Å². The topological polar surface area (TPSA) is 76.7 Å². The average molecular weight is 425 g/mol. The van der Waals surface area contributed by atoms with E-state index >= 15 is 8.78 Å². The zero-order chi connectivity index (χ0) is 22.1. The molecule has 0 unspecified atom stereocenters. The summed E-state index contributed by atoms with van der Waals surface area (Å²) in [6.45, 7) is 1.28. The minimum absolute atomic E-state index is 0.196. The van der Waals surface area contributed by atoms with Crippen molar-refractivity contribution in [3.8, 4) is 11.1 Å². The van der Waals surface area contributed by atoms with E-state index in [0.717, 1.165) is 46.4 Å². The molecule has 0 fully saturated rings. The van der Waals surface area contributed by atoms with Crippen molar-refractivity contribution in [1.82, 2.24) is 25.2 Å². The summed E-state index contributed by atoms with van der Waals surface area (Å²) in [5.74, 6) is -4.46. The third kappa shape index (κ3) is 3.91. The van der Waals surface area contributed by atoms with Gasteiger partial charge < -0.3 is 5.11 Å². The molecule has 31 heavy (non-hydrogen) atoms. The van der Waals surface area contributed by atoms with E-state index in [0.29, 0.717) is 5.56 Å². The van der Waals surface area contributed by atoms with Gasteiger partial charge in [0.15, 0.2) is 5.60 Å².